The van der Waals surface area contributed by atoms with Crippen molar-refractivity contribution in [3.8, 4) is 0 Å². The van der Waals surface area contributed by atoms with Crippen LogP contribution in [0.2, 0.25) is 0 Å². The molecule has 1 N–H and O–H groups in total. The van der Waals surface area contributed by atoms with Crippen molar-refractivity contribution in [1.82, 2.24) is 5.32 Å². The highest BCUT2D eigenvalue weighted by Gasteiger charge is 2.30. The van der Waals surface area contributed by atoms with Crippen LogP contribution in [-0.4, -0.2) is 18.9 Å². The van der Waals surface area contributed by atoms with Gasteiger partial charge in [0.15, 0.2) is 0 Å². The second kappa shape index (κ2) is 7.28. The minimum absolute atomic E-state index is 0.0303. The number of Topliss-reactive ketones (excluding diaryl/α,β-unsaturated/α-hetero) is 1. The normalized spacial score (nSPS) is 11.6. The topological polar surface area (TPSA) is 29.1 Å². The van der Waals surface area contributed by atoms with E-state index in [1.807, 2.05) is 6.92 Å². The van der Waals surface area contributed by atoms with Crippen molar-refractivity contribution >= 4 is 5.78 Å². The molecule has 1 aromatic carbocycles. The minimum atomic E-state index is -4.36. The van der Waals surface area contributed by atoms with Crippen molar-refractivity contribution < 1.29 is 18.0 Å². The van der Waals surface area contributed by atoms with Crippen molar-refractivity contribution in [2.75, 3.05) is 13.1 Å². The smallest absolute Gasteiger partial charge is 0.317 e. The molecule has 0 bridgehead atoms. The lowest BCUT2D eigenvalue weighted by Crippen LogP contribution is -2.15. The molecule has 5 heteroatoms. The molecule has 0 aromatic heterocycles. The van der Waals surface area contributed by atoms with E-state index in [-0.39, 0.29) is 12.2 Å². The van der Waals surface area contributed by atoms with Gasteiger partial charge in [-0.1, -0.05) is 25.1 Å². The van der Waals surface area contributed by atoms with Crippen molar-refractivity contribution in [1.29, 1.82) is 0 Å². The summed E-state index contributed by atoms with van der Waals surface area (Å²) in [4.78, 5) is 11.6. The van der Waals surface area contributed by atoms with E-state index in [1.165, 1.54) is 6.07 Å². The maximum atomic E-state index is 12.5. The number of hydrogen-bond acceptors (Lipinski definition) is 2. The molecule has 0 saturated carbocycles. The van der Waals surface area contributed by atoms with E-state index < -0.39 is 11.7 Å². The maximum absolute atomic E-state index is 12.5. The first-order chi connectivity index (χ1) is 8.93. The number of nitrogens with one attached hydrogen (secondary N) is 1. The average Bonchev–Trinajstić information content (AvgIpc) is 2.34. The number of alkyl halides is 3. The van der Waals surface area contributed by atoms with Gasteiger partial charge in [0.2, 0.25) is 0 Å². The standard InChI is InChI=1S/C14H18F3NO/c1-2-18-8-4-7-13(19)10-11-5-3-6-12(9-11)14(15,16)17/h3,5-6,9,18H,2,4,7-8,10H2,1H3. The van der Waals surface area contributed by atoms with E-state index >= 15 is 0 Å². The zero-order valence-corrected chi connectivity index (χ0v) is 10.9. The zero-order chi connectivity index (χ0) is 14.3. The molecule has 19 heavy (non-hydrogen) atoms. The van der Waals surface area contributed by atoms with Crippen LogP contribution in [0.4, 0.5) is 13.2 Å². The molecular weight excluding hydrogens is 255 g/mol. The Kier molecular flexibility index (Phi) is 6.02. The van der Waals surface area contributed by atoms with Crippen LogP contribution in [-0.2, 0) is 17.4 Å². The van der Waals surface area contributed by atoms with Crippen LogP contribution in [0.25, 0.3) is 0 Å². The Hall–Kier alpha value is -1.36. The van der Waals surface area contributed by atoms with Crippen LogP contribution in [0.15, 0.2) is 24.3 Å². The lowest BCUT2D eigenvalue weighted by atomic mass is 10.0. The third-order valence-electron chi connectivity index (χ3n) is 2.71. The third kappa shape index (κ3) is 5.87. The summed E-state index contributed by atoms with van der Waals surface area (Å²) < 4.78 is 37.5. The monoisotopic (exact) mass is 273 g/mol. The Bertz CT molecular complexity index is 415. The fourth-order valence-electron chi connectivity index (χ4n) is 1.76. The highest BCUT2D eigenvalue weighted by molar-refractivity contribution is 5.80. The summed E-state index contributed by atoms with van der Waals surface area (Å²) in [7, 11) is 0. The Balaban J connectivity index is 2.50. The van der Waals surface area contributed by atoms with E-state index in [0.29, 0.717) is 18.4 Å². The summed E-state index contributed by atoms with van der Waals surface area (Å²) in [5, 5.41) is 3.10. The fraction of sp³-hybridized carbons (Fsp3) is 0.500. The van der Waals surface area contributed by atoms with E-state index in [2.05, 4.69) is 5.32 Å². The quantitative estimate of drug-likeness (QED) is 0.773. The third-order valence-corrected chi connectivity index (χ3v) is 2.71. The fourth-order valence-corrected chi connectivity index (χ4v) is 1.76. The molecule has 0 saturated heterocycles. The van der Waals surface area contributed by atoms with Crippen LogP contribution in [0.1, 0.15) is 30.9 Å². The van der Waals surface area contributed by atoms with Gasteiger partial charge in [-0.2, -0.15) is 13.2 Å². The summed E-state index contributed by atoms with van der Waals surface area (Å²) in [6, 6.07) is 4.95. The van der Waals surface area contributed by atoms with Crippen molar-refractivity contribution in [2.24, 2.45) is 0 Å². The first-order valence-electron chi connectivity index (χ1n) is 6.32. The van der Waals surface area contributed by atoms with Crippen LogP contribution < -0.4 is 5.32 Å². The van der Waals surface area contributed by atoms with Gasteiger partial charge in [0.25, 0.3) is 0 Å². The minimum Gasteiger partial charge on any atom is -0.317 e. The number of carbonyl (C=O) groups excluding carboxylic acids is 1. The highest BCUT2D eigenvalue weighted by atomic mass is 19.4. The number of carbonyl (C=O) groups is 1. The molecule has 0 atom stereocenters. The molecule has 0 amide bonds. The van der Waals surface area contributed by atoms with Crippen LogP contribution in [0.3, 0.4) is 0 Å². The van der Waals surface area contributed by atoms with Gasteiger partial charge in [0.05, 0.1) is 5.56 Å². The van der Waals surface area contributed by atoms with Gasteiger partial charge in [-0.05, 0) is 31.1 Å². The lowest BCUT2D eigenvalue weighted by molar-refractivity contribution is -0.137. The molecule has 0 aliphatic rings. The molecule has 0 heterocycles. The highest BCUT2D eigenvalue weighted by Crippen LogP contribution is 2.29. The van der Waals surface area contributed by atoms with Gasteiger partial charge >= 0.3 is 6.18 Å². The summed E-state index contributed by atoms with van der Waals surface area (Å²) in [5.41, 5.74) is -0.284. The second-order valence-corrected chi connectivity index (χ2v) is 4.37. The number of rotatable bonds is 7. The Labute approximate surface area is 111 Å². The number of hydrogen-bond donors (Lipinski definition) is 1. The molecule has 2 nitrogen and oxygen atoms in total. The lowest BCUT2D eigenvalue weighted by Gasteiger charge is -2.08. The van der Waals surface area contributed by atoms with Gasteiger partial charge in [0.1, 0.15) is 5.78 Å². The molecular formula is C14H18F3NO. The second-order valence-electron chi connectivity index (χ2n) is 4.37. The molecule has 0 aliphatic carbocycles. The van der Waals surface area contributed by atoms with E-state index in [1.54, 1.807) is 6.07 Å². The van der Waals surface area contributed by atoms with Crippen molar-refractivity contribution in [2.45, 2.75) is 32.4 Å². The Morgan fingerprint density at radius 2 is 2.05 bits per heavy atom. The van der Waals surface area contributed by atoms with Crippen LogP contribution in [0.5, 0.6) is 0 Å². The Morgan fingerprint density at radius 1 is 1.32 bits per heavy atom. The van der Waals surface area contributed by atoms with Gasteiger partial charge < -0.3 is 5.32 Å². The molecule has 0 unspecified atom stereocenters. The maximum Gasteiger partial charge on any atom is 0.416 e. The molecule has 0 aliphatic heterocycles. The van der Waals surface area contributed by atoms with Crippen LogP contribution >= 0.6 is 0 Å². The van der Waals surface area contributed by atoms with Crippen molar-refractivity contribution in [3.63, 3.8) is 0 Å². The van der Waals surface area contributed by atoms with E-state index in [9.17, 15) is 18.0 Å². The average molecular weight is 273 g/mol. The zero-order valence-electron chi connectivity index (χ0n) is 10.9. The Morgan fingerprint density at radius 3 is 2.68 bits per heavy atom. The van der Waals surface area contributed by atoms with Crippen LogP contribution in [0, 0.1) is 0 Å². The summed E-state index contributed by atoms with van der Waals surface area (Å²) in [6.45, 7) is 3.58. The van der Waals surface area contributed by atoms with E-state index in [4.69, 9.17) is 0 Å². The predicted molar refractivity (Wildman–Crippen MR) is 67.9 cm³/mol. The number of benzene rings is 1. The first kappa shape index (κ1) is 15.7. The summed E-state index contributed by atoms with van der Waals surface area (Å²) in [5.74, 6) is -0.0303. The summed E-state index contributed by atoms with van der Waals surface area (Å²) >= 11 is 0. The molecule has 1 aromatic rings. The first-order valence-corrected chi connectivity index (χ1v) is 6.32. The van der Waals surface area contributed by atoms with Gasteiger partial charge in [-0.15, -0.1) is 0 Å². The largest absolute Gasteiger partial charge is 0.416 e. The summed E-state index contributed by atoms with van der Waals surface area (Å²) in [6.07, 6.45) is -3.19. The SMILES string of the molecule is CCNCCCC(=O)Cc1cccc(C(F)(F)F)c1. The molecule has 1 rings (SSSR count). The number of ketones is 1. The molecule has 0 spiro atoms. The molecule has 0 radical (unpaired) electrons. The van der Waals surface area contributed by atoms with E-state index in [0.717, 1.165) is 25.2 Å². The van der Waals surface area contributed by atoms with Gasteiger partial charge in [-0.25, -0.2) is 0 Å². The molecule has 0 fully saturated rings. The van der Waals surface area contributed by atoms with Gasteiger partial charge in [0, 0.05) is 12.8 Å². The predicted octanol–water partition coefficient (Wildman–Crippen LogP) is 3.21. The van der Waals surface area contributed by atoms with Gasteiger partial charge in [-0.3, -0.25) is 4.79 Å². The number of halogens is 3. The van der Waals surface area contributed by atoms with Crippen molar-refractivity contribution in [3.05, 3.63) is 35.4 Å². The molecule has 106 valence electrons.